The minimum Gasteiger partial charge on any atom is -0.463 e. The summed E-state index contributed by atoms with van der Waals surface area (Å²) in [6, 6.07) is 0. The number of ketones is 1. The number of methoxy groups -OCH3 is 1. The van der Waals surface area contributed by atoms with Crippen LogP contribution in [0, 0.1) is 0 Å². The summed E-state index contributed by atoms with van der Waals surface area (Å²) >= 11 is 5.37. The van der Waals surface area contributed by atoms with Crippen LogP contribution in [0.15, 0.2) is 0 Å². The lowest BCUT2D eigenvalue weighted by atomic mass is 10.2. The van der Waals surface area contributed by atoms with Crippen LogP contribution in [0.1, 0.15) is 19.3 Å². The van der Waals surface area contributed by atoms with Crippen LogP contribution in [-0.4, -0.2) is 24.7 Å². The highest BCUT2D eigenvalue weighted by atomic mass is 35.5. The molecule has 0 aromatic carbocycles. The van der Waals surface area contributed by atoms with Gasteiger partial charge >= 0.3 is 5.97 Å². The predicted molar refractivity (Wildman–Crippen MR) is 41.6 cm³/mol. The smallest absolute Gasteiger partial charge is 0.374 e. The van der Waals surface area contributed by atoms with E-state index in [0.717, 1.165) is 6.42 Å². The maximum absolute atomic E-state index is 10.7. The molecule has 0 rings (SSSR count). The third-order valence-corrected chi connectivity index (χ3v) is 1.47. The molecule has 0 aliphatic heterocycles. The molecule has 0 saturated carbocycles. The van der Waals surface area contributed by atoms with Crippen LogP contribution >= 0.6 is 11.6 Å². The van der Waals surface area contributed by atoms with E-state index >= 15 is 0 Å². The number of alkyl halides is 1. The Morgan fingerprint density at radius 2 is 2.00 bits per heavy atom. The summed E-state index contributed by atoms with van der Waals surface area (Å²) in [6.45, 7) is 0. The molecule has 0 unspecified atom stereocenters. The lowest BCUT2D eigenvalue weighted by Crippen LogP contribution is -2.14. The van der Waals surface area contributed by atoms with Crippen LogP contribution in [0.25, 0.3) is 0 Å². The first-order chi connectivity index (χ1) is 5.22. The van der Waals surface area contributed by atoms with Gasteiger partial charge in [-0.25, -0.2) is 4.79 Å². The summed E-state index contributed by atoms with van der Waals surface area (Å²) < 4.78 is 4.22. The molecule has 0 aliphatic carbocycles. The topological polar surface area (TPSA) is 43.4 Å². The number of esters is 1. The number of Topliss-reactive ketones (excluding diaryl/α,β-unsaturated/α-hetero) is 1. The number of rotatable bonds is 5. The molecule has 0 spiro atoms. The van der Waals surface area contributed by atoms with Gasteiger partial charge in [0.1, 0.15) is 0 Å². The fourth-order valence-corrected chi connectivity index (χ4v) is 0.785. The van der Waals surface area contributed by atoms with Crippen LogP contribution in [0.4, 0.5) is 0 Å². The van der Waals surface area contributed by atoms with Gasteiger partial charge in [-0.1, -0.05) is 0 Å². The second-order valence-electron chi connectivity index (χ2n) is 2.06. The van der Waals surface area contributed by atoms with Crippen molar-refractivity contribution in [3.05, 3.63) is 0 Å². The van der Waals surface area contributed by atoms with Gasteiger partial charge in [-0.3, -0.25) is 4.79 Å². The van der Waals surface area contributed by atoms with Gasteiger partial charge in [0.2, 0.25) is 5.78 Å². The summed E-state index contributed by atoms with van der Waals surface area (Å²) in [5.74, 6) is -0.716. The minimum absolute atomic E-state index is 0.236. The molecule has 11 heavy (non-hydrogen) atoms. The van der Waals surface area contributed by atoms with E-state index in [9.17, 15) is 9.59 Å². The molecule has 64 valence electrons. The third kappa shape index (κ3) is 4.79. The van der Waals surface area contributed by atoms with Crippen molar-refractivity contribution >= 4 is 23.4 Å². The Kier molecular flexibility index (Phi) is 5.84. The maximum atomic E-state index is 10.7. The molecule has 4 heteroatoms. The van der Waals surface area contributed by atoms with Crippen LogP contribution in [0.2, 0.25) is 0 Å². The van der Waals surface area contributed by atoms with E-state index in [1.54, 1.807) is 0 Å². The molecule has 0 aliphatic rings. The van der Waals surface area contributed by atoms with Gasteiger partial charge in [0.15, 0.2) is 0 Å². The lowest BCUT2D eigenvalue weighted by molar-refractivity contribution is -0.151. The fraction of sp³-hybridized carbons (Fsp3) is 0.714. The van der Waals surface area contributed by atoms with Crippen LogP contribution in [0.3, 0.4) is 0 Å². The Labute approximate surface area is 70.7 Å². The summed E-state index contributed by atoms with van der Waals surface area (Å²) in [6.07, 6.45) is 1.64. The zero-order chi connectivity index (χ0) is 8.69. The summed E-state index contributed by atoms with van der Waals surface area (Å²) in [5, 5.41) is 0. The largest absolute Gasteiger partial charge is 0.463 e. The predicted octanol–water partition coefficient (Wildman–Crippen LogP) is 1.14. The Balaban J connectivity index is 3.44. The van der Waals surface area contributed by atoms with E-state index in [1.165, 1.54) is 7.11 Å². The van der Waals surface area contributed by atoms with Crippen LogP contribution in [-0.2, 0) is 14.3 Å². The number of carbonyl (C=O) groups excluding carboxylic acids is 2. The second kappa shape index (κ2) is 6.16. The molecule has 0 heterocycles. The van der Waals surface area contributed by atoms with Crippen molar-refractivity contribution in [3.63, 3.8) is 0 Å². The van der Waals surface area contributed by atoms with Gasteiger partial charge in [-0.2, -0.15) is 0 Å². The highest BCUT2D eigenvalue weighted by molar-refractivity contribution is 6.33. The van der Waals surface area contributed by atoms with E-state index in [-0.39, 0.29) is 6.42 Å². The first-order valence-electron chi connectivity index (χ1n) is 3.39. The molecule has 0 bridgehead atoms. The second-order valence-corrected chi connectivity index (χ2v) is 2.44. The number of hydrogen-bond donors (Lipinski definition) is 0. The average molecular weight is 179 g/mol. The molecule has 0 N–H and O–H groups in total. The number of ether oxygens (including phenoxy) is 1. The van der Waals surface area contributed by atoms with E-state index in [2.05, 4.69) is 4.74 Å². The monoisotopic (exact) mass is 178 g/mol. The fourth-order valence-electron chi connectivity index (χ4n) is 0.596. The Morgan fingerprint density at radius 1 is 1.36 bits per heavy atom. The quantitative estimate of drug-likeness (QED) is 0.275. The van der Waals surface area contributed by atoms with Crippen molar-refractivity contribution in [3.8, 4) is 0 Å². The van der Waals surface area contributed by atoms with Gasteiger partial charge in [-0.15, -0.1) is 11.6 Å². The van der Waals surface area contributed by atoms with E-state index in [4.69, 9.17) is 11.6 Å². The van der Waals surface area contributed by atoms with Crippen LogP contribution in [0.5, 0.6) is 0 Å². The van der Waals surface area contributed by atoms with Crippen molar-refractivity contribution in [1.82, 2.24) is 0 Å². The standard InChI is InChI=1S/C7H11ClO3/c1-11-7(10)6(9)4-2-3-5-8/h2-5H2,1H3. The Morgan fingerprint density at radius 3 is 2.45 bits per heavy atom. The van der Waals surface area contributed by atoms with Gasteiger partial charge < -0.3 is 4.74 Å². The number of carbonyl (C=O) groups is 2. The van der Waals surface area contributed by atoms with Gasteiger partial charge in [0, 0.05) is 12.3 Å². The van der Waals surface area contributed by atoms with E-state index in [0.29, 0.717) is 12.3 Å². The van der Waals surface area contributed by atoms with Gasteiger partial charge in [0.25, 0.3) is 0 Å². The molecule has 0 fully saturated rings. The van der Waals surface area contributed by atoms with Crippen molar-refractivity contribution in [2.45, 2.75) is 19.3 Å². The average Bonchev–Trinajstić information content (AvgIpc) is 2.03. The first-order valence-corrected chi connectivity index (χ1v) is 3.93. The highest BCUT2D eigenvalue weighted by Crippen LogP contribution is 1.98. The van der Waals surface area contributed by atoms with Crippen molar-refractivity contribution in [2.75, 3.05) is 13.0 Å². The van der Waals surface area contributed by atoms with Crippen molar-refractivity contribution in [2.24, 2.45) is 0 Å². The molecular formula is C7H11ClO3. The molecule has 0 aromatic heterocycles. The van der Waals surface area contributed by atoms with Crippen molar-refractivity contribution < 1.29 is 14.3 Å². The molecule has 0 atom stereocenters. The van der Waals surface area contributed by atoms with Crippen LogP contribution < -0.4 is 0 Å². The number of halogens is 1. The summed E-state index contributed by atoms with van der Waals surface area (Å²) in [4.78, 5) is 21.2. The molecule has 0 saturated heterocycles. The minimum atomic E-state index is -0.764. The molecule has 3 nitrogen and oxygen atoms in total. The Bertz CT molecular complexity index is 145. The SMILES string of the molecule is COC(=O)C(=O)CCCCCl. The first kappa shape index (κ1) is 10.4. The molecule has 0 amide bonds. The third-order valence-electron chi connectivity index (χ3n) is 1.20. The number of unbranched alkanes of at least 4 members (excludes halogenated alkanes) is 1. The molecular weight excluding hydrogens is 168 g/mol. The van der Waals surface area contributed by atoms with E-state index in [1.807, 2.05) is 0 Å². The summed E-state index contributed by atoms with van der Waals surface area (Å²) in [7, 11) is 1.20. The zero-order valence-corrected chi connectivity index (χ0v) is 7.19. The highest BCUT2D eigenvalue weighted by Gasteiger charge is 2.11. The summed E-state index contributed by atoms with van der Waals surface area (Å²) in [5.41, 5.74) is 0. The van der Waals surface area contributed by atoms with Gasteiger partial charge in [-0.05, 0) is 12.8 Å². The van der Waals surface area contributed by atoms with Crippen molar-refractivity contribution in [1.29, 1.82) is 0 Å². The molecule has 0 radical (unpaired) electrons. The molecule has 0 aromatic rings. The normalized spacial score (nSPS) is 9.27. The maximum Gasteiger partial charge on any atom is 0.374 e. The lowest BCUT2D eigenvalue weighted by Gasteiger charge is -1.96. The number of hydrogen-bond acceptors (Lipinski definition) is 3. The zero-order valence-electron chi connectivity index (χ0n) is 6.43. The Hall–Kier alpha value is -0.570. The van der Waals surface area contributed by atoms with E-state index < -0.39 is 11.8 Å². The van der Waals surface area contributed by atoms with Gasteiger partial charge in [0.05, 0.1) is 7.11 Å².